The van der Waals surface area contributed by atoms with Crippen LogP contribution in [0.2, 0.25) is 0 Å². The average Bonchev–Trinajstić information content (AvgIpc) is 2.73. The summed E-state index contributed by atoms with van der Waals surface area (Å²) in [7, 11) is 0. The first-order chi connectivity index (χ1) is 7.84. The summed E-state index contributed by atoms with van der Waals surface area (Å²) in [5.74, 6) is 0.671. The predicted molar refractivity (Wildman–Crippen MR) is 65.8 cm³/mol. The molecule has 2 aromatic rings. The Bertz CT molecular complexity index is 494. The molecule has 84 valence electrons. The van der Waals surface area contributed by atoms with E-state index < -0.39 is 0 Å². The van der Waals surface area contributed by atoms with E-state index in [1.54, 1.807) is 0 Å². The van der Waals surface area contributed by atoms with E-state index in [-0.39, 0.29) is 0 Å². The normalized spacial score (nSPS) is 18.1. The van der Waals surface area contributed by atoms with Gasteiger partial charge < -0.3 is 9.73 Å². The molecular weight excluding hydrogens is 198 g/mol. The molecule has 2 heteroatoms. The third kappa shape index (κ3) is 1.63. The maximum atomic E-state index is 5.66. The number of hydrogen-bond donors (Lipinski definition) is 1. The molecule has 16 heavy (non-hydrogen) atoms. The fourth-order valence-electron chi connectivity index (χ4n) is 2.61. The van der Waals surface area contributed by atoms with Crippen molar-refractivity contribution in [2.24, 2.45) is 0 Å². The molecule has 1 N–H and O–H groups in total. The van der Waals surface area contributed by atoms with Gasteiger partial charge in [-0.3, -0.25) is 0 Å². The summed E-state index contributed by atoms with van der Waals surface area (Å²) in [6.45, 7) is 4.36. The quantitative estimate of drug-likeness (QED) is 0.790. The van der Waals surface area contributed by atoms with Gasteiger partial charge in [-0.1, -0.05) is 12.1 Å². The first kappa shape index (κ1) is 9.91. The molecular formula is C14H17NO. The highest BCUT2D eigenvalue weighted by Gasteiger charge is 2.19. The van der Waals surface area contributed by atoms with E-state index in [4.69, 9.17) is 4.42 Å². The highest BCUT2D eigenvalue weighted by atomic mass is 16.3. The van der Waals surface area contributed by atoms with Crippen LogP contribution in [0.15, 0.2) is 28.9 Å². The lowest BCUT2D eigenvalue weighted by molar-refractivity contribution is 0.457. The third-order valence-electron chi connectivity index (χ3n) is 3.54. The predicted octanol–water partition coefficient (Wildman–Crippen LogP) is 3.21. The van der Waals surface area contributed by atoms with E-state index in [2.05, 4.69) is 30.4 Å². The van der Waals surface area contributed by atoms with Crippen LogP contribution in [-0.2, 0) is 0 Å². The first-order valence-electron chi connectivity index (χ1n) is 6.03. The topological polar surface area (TPSA) is 25.2 Å². The summed E-state index contributed by atoms with van der Waals surface area (Å²) in [6.07, 6.45) is 4.41. The van der Waals surface area contributed by atoms with Crippen LogP contribution in [0, 0.1) is 6.92 Å². The molecule has 1 saturated heterocycles. The molecule has 0 atom stereocenters. The molecule has 0 unspecified atom stereocenters. The van der Waals surface area contributed by atoms with Crippen molar-refractivity contribution < 1.29 is 4.42 Å². The molecule has 3 rings (SSSR count). The number of piperidine rings is 1. The van der Waals surface area contributed by atoms with Crippen LogP contribution in [0.3, 0.4) is 0 Å². The molecule has 1 aliphatic rings. The Labute approximate surface area is 95.6 Å². The zero-order chi connectivity index (χ0) is 11.0. The number of aryl methyl sites for hydroxylation is 1. The van der Waals surface area contributed by atoms with Crippen LogP contribution in [0.1, 0.15) is 29.9 Å². The Morgan fingerprint density at radius 2 is 2.06 bits per heavy atom. The molecule has 0 aliphatic carbocycles. The van der Waals surface area contributed by atoms with Crippen LogP contribution < -0.4 is 5.32 Å². The number of fused-ring (bicyclic) bond motifs is 1. The van der Waals surface area contributed by atoms with Gasteiger partial charge in [-0.2, -0.15) is 0 Å². The van der Waals surface area contributed by atoms with Gasteiger partial charge in [0.25, 0.3) is 0 Å². The Morgan fingerprint density at radius 3 is 2.88 bits per heavy atom. The van der Waals surface area contributed by atoms with E-state index in [1.165, 1.54) is 29.4 Å². The van der Waals surface area contributed by atoms with Gasteiger partial charge in [-0.25, -0.2) is 0 Å². The Kier molecular flexibility index (Phi) is 2.44. The van der Waals surface area contributed by atoms with E-state index >= 15 is 0 Å². The highest BCUT2D eigenvalue weighted by molar-refractivity contribution is 5.82. The molecule has 1 aliphatic heterocycles. The summed E-state index contributed by atoms with van der Waals surface area (Å²) >= 11 is 0. The molecule has 0 amide bonds. The molecule has 0 bridgehead atoms. The number of nitrogens with one attached hydrogen (secondary N) is 1. The van der Waals surface area contributed by atoms with Gasteiger partial charge in [0.2, 0.25) is 0 Å². The lowest BCUT2D eigenvalue weighted by Gasteiger charge is -2.21. The molecule has 0 saturated carbocycles. The second-order valence-corrected chi connectivity index (χ2v) is 4.71. The van der Waals surface area contributed by atoms with Gasteiger partial charge >= 0.3 is 0 Å². The number of benzene rings is 1. The van der Waals surface area contributed by atoms with Crippen molar-refractivity contribution in [1.29, 1.82) is 0 Å². The zero-order valence-corrected chi connectivity index (χ0v) is 9.62. The van der Waals surface area contributed by atoms with Crippen molar-refractivity contribution in [3.05, 3.63) is 35.6 Å². The van der Waals surface area contributed by atoms with Crippen molar-refractivity contribution >= 4 is 11.0 Å². The maximum Gasteiger partial charge on any atom is 0.134 e. The summed E-state index contributed by atoms with van der Waals surface area (Å²) < 4.78 is 5.66. The van der Waals surface area contributed by atoms with Crippen molar-refractivity contribution in [3.8, 4) is 0 Å². The van der Waals surface area contributed by atoms with E-state index in [0.717, 1.165) is 18.7 Å². The van der Waals surface area contributed by atoms with Crippen LogP contribution in [0.25, 0.3) is 11.0 Å². The SMILES string of the molecule is Cc1ccc2c(C3CCNCC3)coc2c1. The molecule has 1 fully saturated rings. The molecule has 1 aromatic heterocycles. The molecule has 2 nitrogen and oxygen atoms in total. The summed E-state index contributed by atoms with van der Waals surface area (Å²) in [4.78, 5) is 0. The summed E-state index contributed by atoms with van der Waals surface area (Å²) in [6, 6.07) is 6.49. The van der Waals surface area contributed by atoms with Gasteiger partial charge in [0.1, 0.15) is 5.58 Å². The third-order valence-corrected chi connectivity index (χ3v) is 3.54. The lowest BCUT2D eigenvalue weighted by atomic mass is 9.90. The zero-order valence-electron chi connectivity index (χ0n) is 9.62. The van der Waals surface area contributed by atoms with Crippen LogP contribution in [0.5, 0.6) is 0 Å². The fraction of sp³-hybridized carbons (Fsp3) is 0.429. The van der Waals surface area contributed by atoms with Crippen molar-refractivity contribution in [1.82, 2.24) is 5.32 Å². The summed E-state index contributed by atoms with van der Waals surface area (Å²) in [5, 5.41) is 4.71. The molecule has 0 radical (unpaired) electrons. The number of rotatable bonds is 1. The standard InChI is InChI=1S/C14H17NO/c1-10-2-3-12-13(9-16-14(12)8-10)11-4-6-15-7-5-11/h2-3,8-9,11,15H,4-7H2,1H3. The molecule has 2 heterocycles. The summed E-state index contributed by atoms with van der Waals surface area (Å²) in [5.41, 5.74) is 3.70. The fourth-order valence-corrected chi connectivity index (χ4v) is 2.61. The van der Waals surface area contributed by atoms with Crippen LogP contribution in [-0.4, -0.2) is 13.1 Å². The number of hydrogen-bond acceptors (Lipinski definition) is 2. The molecule has 0 spiro atoms. The van der Waals surface area contributed by atoms with Gasteiger partial charge in [-0.05, 0) is 50.4 Å². The Morgan fingerprint density at radius 1 is 1.25 bits per heavy atom. The van der Waals surface area contributed by atoms with Gasteiger partial charge in [-0.15, -0.1) is 0 Å². The van der Waals surface area contributed by atoms with Gasteiger partial charge in [0.15, 0.2) is 0 Å². The van der Waals surface area contributed by atoms with Crippen LogP contribution in [0.4, 0.5) is 0 Å². The van der Waals surface area contributed by atoms with E-state index in [1.807, 2.05) is 6.26 Å². The molecule has 1 aromatic carbocycles. The van der Waals surface area contributed by atoms with Crippen molar-refractivity contribution in [3.63, 3.8) is 0 Å². The Balaban J connectivity index is 2.03. The van der Waals surface area contributed by atoms with E-state index in [0.29, 0.717) is 5.92 Å². The van der Waals surface area contributed by atoms with Gasteiger partial charge in [0.05, 0.1) is 6.26 Å². The monoisotopic (exact) mass is 215 g/mol. The van der Waals surface area contributed by atoms with Gasteiger partial charge in [0, 0.05) is 10.9 Å². The van der Waals surface area contributed by atoms with Crippen molar-refractivity contribution in [2.75, 3.05) is 13.1 Å². The second kappa shape index (κ2) is 3.95. The van der Waals surface area contributed by atoms with Crippen molar-refractivity contribution in [2.45, 2.75) is 25.7 Å². The maximum absolute atomic E-state index is 5.66. The smallest absolute Gasteiger partial charge is 0.134 e. The Hall–Kier alpha value is -1.28. The lowest BCUT2D eigenvalue weighted by Crippen LogP contribution is -2.26. The first-order valence-corrected chi connectivity index (χ1v) is 6.03. The van der Waals surface area contributed by atoms with E-state index in [9.17, 15) is 0 Å². The minimum absolute atomic E-state index is 0.671. The highest BCUT2D eigenvalue weighted by Crippen LogP contribution is 2.33. The average molecular weight is 215 g/mol. The van der Waals surface area contributed by atoms with Crippen LogP contribution >= 0.6 is 0 Å². The largest absolute Gasteiger partial charge is 0.464 e. The second-order valence-electron chi connectivity index (χ2n) is 4.71. The number of furan rings is 1. The minimum atomic E-state index is 0.671. The minimum Gasteiger partial charge on any atom is -0.464 e.